The van der Waals surface area contributed by atoms with E-state index >= 15 is 0 Å². The third kappa shape index (κ3) is 3.04. The Bertz CT molecular complexity index is 607. The van der Waals surface area contributed by atoms with Crippen molar-refractivity contribution in [1.29, 1.82) is 0 Å². The minimum atomic E-state index is -0.364. The lowest BCUT2D eigenvalue weighted by molar-refractivity contribution is -0.122. The molecule has 0 unspecified atom stereocenters. The second-order valence-corrected chi connectivity index (χ2v) is 7.78. The Morgan fingerprint density at radius 2 is 1.78 bits per heavy atom. The fourth-order valence-electron chi connectivity index (χ4n) is 2.90. The maximum Gasteiger partial charge on any atom is 0.495 e. The van der Waals surface area contributed by atoms with E-state index in [2.05, 4.69) is 33.0 Å². The van der Waals surface area contributed by atoms with Crippen molar-refractivity contribution >= 4 is 24.2 Å². The van der Waals surface area contributed by atoms with Gasteiger partial charge in [-0.1, -0.05) is 12.5 Å². The largest absolute Gasteiger partial charge is 0.495 e. The van der Waals surface area contributed by atoms with Gasteiger partial charge in [-0.3, -0.25) is 4.79 Å². The Balaban J connectivity index is 1.74. The van der Waals surface area contributed by atoms with E-state index in [0.29, 0.717) is 0 Å². The zero-order chi connectivity index (χ0) is 16.8. The second-order valence-electron chi connectivity index (χ2n) is 7.78. The molecular weight excluding hydrogens is 289 g/mol. The number of hydrogen-bond acceptors (Lipinski definition) is 3. The number of rotatable bonds is 3. The van der Waals surface area contributed by atoms with Crippen LogP contribution in [-0.4, -0.2) is 24.2 Å². The van der Waals surface area contributed by atoms with E-state index in [-0.39, 0.29) is 30.1 Å². The van der Waals surface area contributed by atoms with Crippen molar-refractivity contribution in [3.05, 3.63) is 23.8 Å². The predicted octanol–water partition coefficient (Wildman–Crippen LogP) is 3.03. The summed E-state index contributed by atoms with van der Waals surface area (Å²) in [6.07, 6.45) is 3.19. The summed E-state index contributed by atoms with van der Waals surface area (Å²) >= 11 is 0. The summed E-state index contributed by atoms with van der Waals surface area (Å²) in [6, 6.07) is 5.93. The van der Waals surface area contributed by atoms with Gasteiger partial charge in [-0.05, 0) is 70.6 Å². The maximum absolute atomic E-state index is 12.1. The van der Waals surface area contributed by atoms with Crippen LogP contribution in [0.3, 0.4) is 0 Å². The normalized spacial score (nSPS) is 22.7. The predicted molar refractivity (Wildman–Crippen MR) is 92.9 cm³/mol. The van der Waals surface area contributed by atoms with Gasteiger partial charge in [-0.2, -0.15) is 0 Å². The van der Waals surface area contributed by atoms with Gasteiger partial charge in [0.1, 0.15) is 0 Å². The molecule has 1 saturated carbocycles. The lowest BCUT2D eigenvalue weighted by atomic mass is 9.76. The van der Waals surface area contributed by atoms with Crippen molar-refractivity contribution in [1.82, 2.24) is 0 Å². The van der Waals surface area contributed by atoms with Crippen LogP contribution in [-0.2, 0) is 14.1 Å². The van der Waals surface area contributed by atoms with Gasteiger partial charge in [0.25, 0.3) is 0 Å². The van der Waals surface area contributed by atoms with Gasteiger partial charge in [0.05, 0.1) is 11.2 Å². The van der Waals surface area contributed by atoms with E-state index in [9.17, 15) is 4.79 Å². The number of amides is 1. The Kier molecular flexibility index (Phi) is 4.05. The Hall–Kier alpha value is -1.33. The van der Waals surface area contributed by atoms with Gasteiger partial charge in [0.15, 0.2) is 0 Å². The molecule has 5 heteroatoms. The molecule has 0 radical (unpaired) electrons. The van der Waals surface area contributed by atoms with Gasteiger partial charge < -0.3 is 14.6 Å². The topological polar surface area (TPSA) is 47.6 Å². The molecule has 2 fully saturated rings. The van der Waals surface area contributed by atoms with E-state index in [0.717, 1.165) is 36.0 Å². The number of anilines is 1. The third-order valence-corrected chi connectivity index (χ3v) is 5.52. The summed E-state index contributed by atoms with van der Waals surface area (Å²) in [4.78, 5) is 12.1. The molecule has 0 bridgehead atoms. The highest BCUT2D eigenvalue weighted by Gasteiger charge is 2.52. The molecule has 1 N–H and O–H groups in total. The minimum absolute atomic E-state index is 0.138. The zero-order valence-electron chi connectivity index (χ0n) is 14.7. The molecular formula is C18H26BNO3. The number of carbonyl (C=O) groups is 1. The molecule has 3 rings (SSSR count). The van der Waals surface area contributed by atoms with Crippen LogP contribution in [0, 0.1) is 12.8 Å². The molecule has 2 aliphatic rings. The third-order valence-electron chi connectivity index (χ3n) is 5.52. The molecule has 1 saturated heterocycles. The van der Waals surface area contributed by atoms with Crippen LogP contribution in [0.25, 0.3) is 0 Å². The standard InChI is InChI=1S/C18H26BNO3/c1-12-11-14(20-16(21)13-7-6-8-13)9-10-15(12)19-22-17(2,3)18(4,5)23-19/h9-11,13H,6-8H2,1-5H3,(H,20,21). The van der Waals surface area contributed by atoms with Crippen LogP contribution >= 0.6 is 0 Å². The summed E-state index contributed by atoms with van der Waals surface area (Å²) < 4.78 is 12.2. The number of aryl methyl sites for hydroxylation is 1. The number of nitrogens with one attached hydrogen (secondary N) is 1. The van der Waals surface area contributed by atoms with E-state index < -0.39 is 0 Å². The molecule has 0 spiro atoms. The molecule has 0 aromatic heterocycles. The van der Waals surface area contributed by atoms with Crippen molar-refractivity contribution in [2.24, 2.45) is 5.92 Å². The van der Waals surface area contributed by atoms with Crippen molar-refractivity contribution in [3.8, 4) is 0 Å². The minimum Gasteiger partial charge on any atom is -0.399 e. The summed E-state index contributed by atoms with van der Waals surface area (Å²) in [5.41, 5.74) is 2.24. The van der Waals surface area contributed by atoms with Gasteiger partial charge in [-0.25, -0.2) is 0 Å². The smallest absolute Gasteiger partial charge is 0.399 e. The average molecular weight is 315 g/mol. The molecule has 1 heterocycles. The van der Waals surface area contributed by atoms with Gasteiger partial charge in [-0.15, -0.1) is 0 Å². The zero-order valence-corrected chi connectivity index (χ0v) is 14.7. The van der Waals surface area contributed by atoms with E-state index in [4.69, 9.17) is 9.31 Å². The summed E-state index contributed by atoms with van der Waals surface area (Å²) in [6.45, 7) is 10.2. The Morgan fingerprint density at radius 1 is 1.17 bits per heavy atom. The van der Waals surface area contributed by atoms with Crippen LogP contribution in [0.15, 0.2) is 18.2 Å². The van der Waals surface area contributed by atoms with Crippen LogP contribution in [0.4, 0.5) is 5.69 Å². The number of hydrogen-bond donors (Lipinski definition) is 1. The van der Waals surface area contributed by atoms with Crippen LogP contribution < -0.4 is 10.8 Å². The van der Waals surface area contributed by atoms with E-state index in [1.165, 1.54) is 0 Å². The highest BCUT2D eigenvalue weighted by molar-refractivity contribution is 6.62. The van der Waals surface area contributed by atoms with E-state index in [1.54, 1.807) is 0 Å². The maximum atomic E-state index is 12.1. The monoisotopic (exact) mass is 315 g/mol. The fraction of sp³-hybridized carbons (Fsp3) is 0.611. The Labute approximate surface area is 139 Å². The lowest BCUT2D eigenvalue weighted by Crippen LogP contribution is -2.41. The van der Waals surface area contributed by atoms with Gasteiger partial charge in [0, 0.05) is 11.6 Å². The van der Waals surface area contributed by atoms with Crippen LogP contribution in [0.5, 0.6) is 0 Å². The highest BCUT2D eigenvalue weighted by Crippen LogP contribution is 2.36. The van der Waals surface area contributed by atoms with Crippen molar-refractivity contribution in [3.63, 3.8) is 0 Å². The van der Waals surface area contributed by atoms with Gasteiger partial charge in [0.2, 0.25) is 5.91 Å². The lowest BCUT2D eigenvalue weighted by Gasteiger charge is -2.32. The molecule has 1 aromatic rings. The van der Waals surface area contributed by atoms with Crippen LogP contribution in [0.2, 0.25) is 0 Å². The molecule has 1 amide bonds. The summed E-state index contributed by atoms with van der Waals surface area (Å²) in [7, 11) is -0.364. The SMILES string of the molecule is Cc1cc(NC(=O)C2CCC2)ccc1B1OC(C)(C)C(C)(C)O1. The molecule has 1 aliphatic carbocycles. The van der Waals surface area contributed by atoms with Crippen molar-refractivity contribution < 1.29 is 14.1 Å². The van der Waals surface area contributed by atoms with Gasteiger partial charge >= 0.3 is 7.12 Å². The average Bonchev–Trinajstić information content (AvgIpc) is 2.55. The number of benzene rings is 1. The number of carbonyl (C=O) groups excluding carboxylic acids is 1. The molecule has 23 heavy (non-hydrogen) atoms. The first-order chi connectivity index (χ1) is 10.7. The quantitative estimate of drug-likeness (QED) is 0.872. The first kappa shape index (κ1) is 16.5. The molecule has 124 valence electrons. The molecule has 0 atom stereocenters. The fourth-order valence-corrected chi connectivity index (χ4v) is 2.90. The van der Waals surface area contributed by atoms with Crippen LogP contribution in [0.1, 0.15) is 52.5 Å². The first-order valence-electron chi connectivity index (χ1n) is 8.47. The van der Waals surface area contributed by atoms with Crippen molar-refractivity contribution in [2.75, 3.05) is 5.32 Å². The Morgan fingerprint density at radius 3 is 2.26 bits per heavy atom. The summed E-state index contributed by atoms with van der Waals surface area (Å²) in [5, 5.41) is 3.01. The molecule has 4 nitrogen and oxygen atoms in total. The van der Waals surface area contributed by atoms with Crippen molar-refractivity contribution in [2.45, 2.75) is 65.1 Å². The molecule has 1 aliphatic heterocycles. The van der Waals surface area contributed by atoms with E-state index in [1.807, 2.05) is 25.1 Å². The molecule has 1 aromatic carbocycles. The summed E-state index contributed by atoms with van der Waals surface area (Å²) in [5.74, 6) is 0.331. The highest BCUT2D eigenvalue weighted by atomic mass is 16.7. The second kappa shape index (κ2) is 5.64. The first-order valence-corrected chi connectivity index (χ1v) is 8.47.